The first kappa shape index (κ1) is 13.6. The number of carbonyl (C=O) groups excluding carboxylic acids is 1. The van der Waals surface area contributed by atoms with E-state index < -0.39 is 0 Å². The van der Waals surface area contributed by atoms with Crippen molar-refractivity contribution in [2.24, 2.45) is 5.41 Å². The second-order valence-corrected chi connectivity index (χ2v) is 6.81. The van der Waals surface area contributed by atoms with Crippen molar-refractivity contribution in [1.82, 2.24) is 10.2 Å². The number of thiophene rings is 1. The molecule has 2 aliphatic rings. The lowest BCUT2D eigenvalue weighted by atomic mass is 9.89. The van der Waals surface area contributed by atoms with E-state index in [-0.39, 0.29) is 11.4 Å². The van der Waals surface area contributed by atoms with Gasteiger partial charge in [0.2, 0.25) is 0 Å². The molecule has 20 heavy (non-hydrogen) atoms. The van der Waals surface area contributed by atoms with Crippen LogP contribution in [0.1, 0.15) is 18.2 Å². The number of nitrogens with zero attached hydrogens (tertiary/aromatic N) is 1. The van der Waals surface area contributed by atoms with Crippen molar-refractivity contribution in [2.75, 3.05) is 32.8 Å². The maximum atomic E-state index is 12.1. The Morgan fingerprint density at radius 2 is 2.40 bits per heavy atom. The first-order chi connectivity index (χ1) is 9.66. The van der Waals surface area contributed by atoms with E-state index in [0.717, 1.165) is 26.2 Å². The van der Waals surface area contributed by atoms with E-state index in [1.165, 1.54) is 10.5 Å². The average Bonchev–Trinajstić information content (AvgIpc) is 2.97. The molecule has 1 aromatic heterocycles. The Morgan fingerprint density at radius 3 is 2.95 bits per heavy atom. The lowest BCUT2D eigenvalue weighted by molar-refractivity contribution is -0.0978. The highest BCUT2D eigenvalue weighted by molar-refractivity contribution is 7.11. The molecule has 1 N–H and O–H groups in total. The topological polar surface area (TPSA) is 41.6 Å². The van der Waals surface area contributed by atoms with Crippen LogP contribution in [-0.4, -0.2) is 43.8 Å². The third-order valence-corrected chi connectivity index (χ3v) is 4.85. The van der Waals surface area contributed by atoms with Gasteiger partial charge in [-0.15, -0.1) is 11.3 Å². The molecule has 5 heteroatoms. The molecule has 0 unspecified atom stereocenters. The molecule has 1 aromatic rings. The van der Waals surface area contributed by atoms with Crippen molar-refractivity contribution in [1.29, 1.82) is 0 Å². The average molecular weight is 292 g/mol. The van der Waals surface area contributed by atoms with E-state index in [0.29, 0.717) is 13.1 Å². The number of hydrogen-bond acceptors (Lipinski definition) is 3. The van der Waals surface area contributed by atoms with E-state index in [2.05, 4.69) is 35.8 Å². The van der Waals surface area contributed by atoms with E-state index in [9.17, 15) is 4.79 Å². The second-order valence-electron chi connectivity index (χ2n) is 5.86. The molecule has 0 spiro atoms. The van der Waals surface area contributed by atoms with E-state index >= 15 is 0 Å². The molecular formula is C15H20N2O2S. The highest BCUT2D eigenvalue weighted by Crippen LogP contribution is 2.27. The van der Waals surface area contributed by atoms with Gasteiger partial charge in [-0.25, -0.2) is 4.79 Å². The molecule has 0 aliphatic carbocycles. The fraction of sp³-hybridized carbons (Fsp3) is 0.533. The zero-order chi connectivity index (χ0) is 14.0. The van der Waals surface area contributed by atoms with Crippen LogP contribution in [0.2, 0.25) is 0 Å². The van der Waals surface area contributed by atoms with E-state index in [1.54, 1.807) is 11.3 Å². The summed E-state index contributed by atoms with van der Waals surface area (Å²) in [7, 11) is 0. The lowest BCUT2D eigenvalue weighted by Gasteiger charge is -2.38. The monoisotopic (exact) mass is 292 g/mol. The van der Waals surface area contributed by atoms with Crippen molar-refractivity contribution < 1.29 is 9.53 Å². The minimum atomic E-state index is 0.0413. The van der Waals surface area contributed by atoms with Gasteiger partial charge in [0, 0.05) is 29.9 Å². The van der Waals surface area contributed by atoms with Crippen LogP contribution >= 0.6 is 11.3 Å². The number of amides is 2. The zero-order valence-electron chi connectivity index (χ0n) is 11.7. The molecule has 4 nitrogen and oxygen atoms in total. The van der Waals surface area contributed by atoms with Crippen LogP contribution in [0, 0.1) is 5.41 Å². The van der Waals surface area contributed by atoms with E-state index in [1.807, 2.05) is 4.90 Å². The van der Waals surface area contributed by atoms with Gasteiger partial charge in [0.05, 0.1) is 13.2 Å². The SMILES string of the molecule is CC1(CNC(=O)N2CC=C(c3cccs3)CC2)COC1. The number of ether oxygens (including phenoxy) is 1. The molecule has 0 atom stereocenters. The van der Waals surface area contributed by atoms with Crippen molar-refractivity contribution in [2.45, 2.75) is 13.3 Å². The molecule has 108 valence electrons. The minimum absolute atomic E-state index is 0.0413. The molecule has 0 radical (unpaired) electrons. The van der Waals surface area contributed by atoms with Crippen LogP contribution in [-0.2, 0) is 4.74 Å². The van der Waals surface area contributed by atoms with Gasteiger partial charge in [0.25, 0.3) is 0 Å². The second kappa shape index (κ2) is 5.58. The molecule has 0 bridgehead atoms. The summed E-state index contributed by atoms with van der Waals surface area (Å²) in [6, 6.07) is 4.25. The minimum Gasteiger partial charge on any atom is -0.380 e. The van der Waals surface area contributed by atoms with Gasteiger partial charge >= 0.3 is 6.03 Å². The highest BCUT2D eigenvalue weighted by atomic mass is 32.1. The van der Waals surface area contributed by atoms with Gasteiger partial charge in [-0.1, -0.05) is 19.1 Å². The molecule has 3 rings (SSSR count). The van der Waals surface area contributed by atoms with Crippen LogP contribution in [0.4, 0.5) is 4.79 Å². The number of hydrogen-bond donors (Lipinski definition) is 1. The molecular weight excluding hydrogens is 272 g/mol. The maximum Gasteiger partial charge on any atom is 0.317 e. The summed E-state index contributed by atoms with van der Waals surface area (Å²) in [6.45, 7) is 5.83. The summed E-state index contributed by atoms with van der Waals surface area (Å²) in [5.74, 6) is 0. The summed E-state index contributed by atoms with van der Waals surface area (Å²) >= 11 is 1.76. The van der Waals surface area contributed by atoms with Crippen molar-refractivity contribution in [3.05, 3.63) is 28.5 Å². The number of rotatable bonds is 3. The number of carbonyl (C=O) groups is 1. The Hall–Kier alpha value is -1.33. The Labute approximate surface area is 123 Å². The van der Waals surface area contributed by atoms with Crippen LogP contribution < -0.4 is 5.32 Å². The van der Waals surface area contributed by atoms with Crippen molar-refractivity contribution in [3.8, 4) is 0 Å². The number of urea groups is 1. The van der Waals surface area contributed by atoms with Crippen LogP contribution in [0.15, 0.2) is 23.6 Å². The molecule has 0 saturated carbocycles. The quantitative estimate of drug-likeness (QED) is 0.930. The summed E-state index contributed by atoms with van der Waals surface area (Å²) in [5, 5.41) is 5.12. The van der Waals surface area contributed by atoms with E-state index in [4.69, 9.17) is 4.74 Å². The predicted octanol–water partition coefficient (Wildman–Crippen LogP) is 2.58. The predicted molar refractivity (Wildman–Crippen MR) is 80.8 cm³/mol. The standard InChI is InChI=1S/C15H20N2O2S/c1-15(10-19-11-15)9-16-14(18)17-6-4-12(5-7-17)13-3-2-8-20-13/h2-4,8H,5-7,9-11H2,1H3,(H,16,18). The first-order valence-corrected chi connectivity index (χ1v) is 7.88. The normalized spacial score (nSPS) is 21.1. The van der Waals surface area contributed by atoms with Gasteiger partial charge in [-0.2, -0.15) is 0 Å². The summed E-state index contributed by atoms with van der Waals surface area (Å²) < 4.78 is 5.20. The van der Waals surface area contributed by atoms with Crippen molar-refractivity contribution >= 4 is 22.9 Å². The first-order valence-electron chi connectivity index (χ1n) is 7.00. The molecule has 1 fully saturated rings. The summed E-state index contributed by atoms with van der Waals surface area (Å²) in [5.41, 5.74) is 1.49. The third kappa shape index (κ3) is 2.88. The third-order valence-electron chi connectivity index (χ3n) is 3.90. The van der Waals surface area contributed by atoms with Crippen LogP contribution in [0.3, 0.4) is 0 Å². The fourth-order valence-electron chi connectivity index (χ4n) is 2.49. The molecule has 3 heterocycles. The molecule has 0 aromatic carbocycles. The van der Waals surface area contributed by atoms with Crippen LogP contribution in [0.25, 0.3) is 5.57 Å². The molecule has 2 aliphatic heterocycles. The Kier molecular flexibility index (Phi) is 3.81. The largest absolute Gasteiger partial charge is 0.380 e. The van der Waals surface area contributed by atoms with Gasteiger partial charge in [-0.05, 0) is 23.4 Å². The molecule has 2 amide bonds. The smallest absolute Gasteiger partial charge is 0.317 e. The summed E-state index contributed by atoms with van der Waals surface area (Å²) in [6.07, 6.45) is 3.11. The number of nitrogens with one attached hydrogen (secondary N) is 1. The molecule has 1 saturated heterocycles. The van der Waals surface area contributed by atoms with Crippen molar-refractivity contribution in [3.63, 3.8) is 0 Å². The lowest BCUT2D eigenvalue weighted by Crippen LogP contribution is -2.51. The van der Waals surface area contributed by atoms with Gasteiger partial charge in [0.15, 0.2) is 0 Å². The summed E-state index contributed by atoms with van der Waals surface area (Å²) in [4.78, 5) is 15.3. The Balaban J connectivity index is 1.51. The fourth-order valence-corrected chi connectivity index (χ4v) is 3.29. The zero-order valence-corrected chi connectivity index (χ0v) is 12.5. The maximum absolute atomic E-state index is 12.1. The van der Waals surface area contributed by atoms with Gasteiger partial charge < -0.3 is 15.0 Å². The van der Waals surface area contributed by atoms with Gasteiger partial charge in [0.1, 0.15) is 0 Å². The van der Waals surface area contributed by atoms with Gasteiger partial charge in [-0.3, -0.25) is 0 Å². The van der Waals surface area contributed by atoms with Crippen LogP contribution in [0.5, 0.6) is 0 Å². The highest BCUT2D eigenvalue weighted by Gasteiger charge is 2.34. The Morgan fingerprint density at radius 1 is 1.55 bits per heavy atom. The Bertz CT molecular complexity index is 506.